The lowest BCUT2D eigenvalue weighted by Gasteiger charge is -2.03. The minimum absolute atomic E-state index is 0.198. The van der Waals surface area contributed by atoms with Gasteiger partial charge in [0.25, 0.3) is 5.89 Å². The van der Waals surface area contributed by atoms with Crippen LogP contribution in [0, 0.1) is 6.92 Å². The van der Waals surface area contributed by atoms with E-state index in [2.05, 4.69) is 20.4 Å². The van der Waals surface area contributed by atoms with Crippen molar-refractivity contribution in [1.29, 1.82) is 0 Å². The Bertz CT molecular complexity index is 1010. The van der Waals surface area contributed by atoms with Gasteiger partial charge in [-0.05, 0) is 43.3 Å². The molecule has 130 valence electrons. The summed E-state index contributed by atoms with van der Waals surface area (Å²) in [6.45, 7) is 2.23. The van der Waals surface area contributed by atoms with E-state index in [1.807, 2.05) is 55.5 Å². The van der Waals surface area contributed by atoms with Gasteiger partial charge in [0, 0.05) is 11.1 Å². The van der Waals surface area contributed by atoms with Crippen LogP contribution in [0.25, 0.3) is 22.0 Å². The Kier molecular flexibility index (Phi) is 4.32. The molecule has 0 radical (unpaired) electrons. The first-order valence-electron chi connectivity index (χ1n) is 7.89. The van der Waals surface area contributed by atoms with Gasteiger partial charge in [-0.25, -0.2) is 0 Å². The minimum atomic E-state index is 0.198. The summed E-state index contributed by atoms with van der Waals surface area (Å²) < 4.78 is 11.4. The molecule has 2 N–H and O–H groups in total. The molecule has 0 amide bonds. The Balaban J connectivity index is 1.40. The highest BCUT2D eigenvalue weighted by Gasteiger charge is 2.09. The first-order chi connectivity index (χ1) is 12.7. The Morgan fingerprint density at radius 1 is 0.923 bits per heavy atom. The molecule has 0 saturated carbocycles. The topological polar surface area (TPSA) is 100.0 Å². The van der Waals surface area contributed by atoms with E-state index in [0.29, 0.717) is 22.7 Å². The van der Waals surface area contributed by atoms with E-state index < -0.39 is 0 Å². The monoisotopic (exact) mass is 365 g/mol. The summed E-state index contributed by atoms with van der Waals surface area (Å²) in [6.07, 6.45) is 0. The molecule has 2 aromatic heterocycles. The molecule has 2 aromatic carbocycles. The molecule has 0 fully saturated rings. The molecule has 0 aliphatic heterocycles. The van der Waals surface area contributed by atoms with E-state index in [1.165, 1.54) is 16.9 Å². The molecule has 8 heteroatoms. The number of ether oxygens (including phenoxy) is 1. The molecular weight excluding hydrogens is 350 g/mol. The van der Waals surface area contributed by atoms with Crippen molar-refractivity contribution in [2.24, 2.45) is 0 Å². The van der Waals surface area contributed by atoms with Crippen LogP contribution in [0.3, 0.4) is 0 Å². The lowest BCUT2D eigenvalue weighted by Crippen LogP contribution is -1.95. The Hall–Kier alpha value is -3.26. The fraction of sp³-hybridized carbons (Fsp3) is 0.111. The maximum atomic E-state index is 5.70. The van der Waals surface area contributed by atoms with Crippen molar-refractivity contribution in [3.8, 4) is 27.8 Å². The number of benzene rings is 2. The zero-order valence-corrected chi connectivity index (χ0v) is 14.7. The number of anilines is 1. The van der Waals surface area contributed by atoms with Crippen molar-refractivity contribution in [2.75, 3.05) is 5.73 Å². The van der Waals surface area contributed by atoms with Gasteiger partial charge in [-0.1, -0.05) is 29.0 Å². The summed E-state index contributed by atoms with van der Waals surface area (Å²) in [5.41, 5.74) is 8.60. The van der Waals surface area contributed by atoms with Crippen molar-refractivity contribution in [3.05, 3.63) is 60.0 Å². The van der Waals surface area contributed by atoms with Gasteiger partial charge in [-0.2, -0.15) is 0 Å². The van der Waals surface area contributed by atoms with Crippen LogP contribution in [0.2, 0.25) is 0 Å². The second-order valence-electron chi connectivity index (χ2n) is 5.63. The van der Waals surface area contributed by atoms with Crippen molar-refractivity contribution in [3.63, 3.8) is 0 Å². The summed E-state index contributed by atoms with van der Waals surface area (Å²) in [5.74, 6) is 1.59. The molecular formula is C18H15N5O2S. The minimum Gasteiger partial charge on any atom is -0.484 e. The van der Waals surface area contributed by atoms with E-state index in [9.17, 15) is 0 Å². The van der Waals surface area contributed by atoms with Crippen LogP contribution in [0.5, 0.6) is 5.75 Å². The molecule has 0 aliphatic carbocycles. The van der Waals surface area contributed by atoms with Gasteiger partial charge < -0.3 is 14.9 Å². The highest BCUT2D eigenvalue weighted by Crippen LogP contribution is 2.26. The largest absolute Gasteiger partial charge is 0.484 e. The predicted octanol–water partition coefficient (Wildman–Crippen LogP) is 3.72. The van der Waals surface area contributed by atoms with Crippen molar-refractivity contribution < 1.29 is 9.15 Å². The molecule has 26 heavy (non-hydrogen) atoms. The molecule has 2 heterocycles. The second-order valence-corrected chi connectivity index (χ2v) is 6.63. The Morgan fingerprint density at radius 3 is 2.35 bits per heavy atom. The van der Waals surface area contributed by atoms with E-state index >= 15 is 0 Å². The average Bonchev–Trinajstić information content (AvgIpc) is 3.30. The SMILES string of the molecule is Cc1ccc(-c2nnc(COc3ccc(-c4nnc(N)s4)cc3)o2)cc1. The quantitative estimate of drug-likeness (QED) is 0.575. The molecule has 0 saturated heterocycles. The van der Waals surface area contributed by atoms with Crippen LogP contribution < -0.4 is 10.5 Å². The second kappa shape index (κ2) is 6.93. The number of aryl methyl sites for hydroxylation is 1. The molecule has 0 unspecified atom stereocenters. The Morgan fingerprint density at radius 2 is 1.65 bits per heavy atom. The van der Waals surface area contributed by atoms with Crippen LogP contribution in [0.1, 0.15) is 11.5 Å². The molecule has 0 bridgehead atoms. The molecule has 7 nitrogen and oxygen atoms in total. The fourth-order valence-electron chi connectivity index (χ4n) is 2.31. The molecule has 0 aliphatic rings. The number of aromatic nitrogens is 4. The zero-order valence-electron chi connectivity index (χ0n) is 13.9. The van der Waals surface area contributed by atoms with Crippen molar-refractivity contribution in [2.45, 2.75) is 13.5 Å². The van der Waals surface area contributed by atoms with Crippen LogP contribution in [0.15, 0.2) is 52.9 Å². The summed E-state index contributed by atoms with van der Waals surface area (Å²) in [6, 6.07) is 15.4. The average molecular weight is 365 g/mol. The van der Waals surface area contributed by atoms with Gasteiger partial charge >= 0.3 is 0 Å². The van der Waals surface area contributed by atoms with Gasteiger partial charge in [-0.3, -0.25) is 0 Å². The van der Waals surface area contributed by atoms with Crippen LogP contribution >= 0.6 is 11.3 Å². The lowest BCUT2D eigenvalue weighted by atomic mass is 10.1. The summed E-state index contributed by atoms with van der Waals surface area (Å²) in [5, 5.41) is 17.1. The van der Waals surface area contributed by atoms with Gasteiger partial charge in [0.2, 0.25) is 11.0 Å². The number of rotatable bonds is 5. The zero-order chi connectivity index (χ0) is 17.9. The van der Waals surface area contributed by atoms with E-state index in [0.717, 1.165) is 16.1 Å². The number of nitrogens with two attached hydrogens (primary N) is 1. The first kappa shape index (κ1) is 16.2. The summed E-state index contributed by atoms with van der Waals surface area (Å²) in [7, 11) is 0. The number of hydrogen-bond acceptors (Lipinski definition) is 8. The van der Waals surface area contributed by atoms with E-state index in [4.69, 9.17) is 14.9 Å². The third kappa shape index (κ3) is 3.55. The van der Waals surface area contributed by atoms with Crippen LogP contribution in [-0.2, 0) is 6.61 Å². The van der Waals surface area contributed by atoms with E-state index in [1.54, 1.807) is 0 Å². The Labute approximate surface area is 153 Å². The number of nitrogen functional groups attached to an aromatic ring is 1. The normalized spacial score (nSPS) is 10.8. The standard InChI is InChI=1S/C18H15N5O2S/c1-11-2-4-12(5-3-11)16-21-20-15(25-16)10-24-14-8-6-13(7-9-14)17-22-23-18(19)26-17/h2-9H,10H2,1H3,(H2,19,23). The summed E-state index contributed by atoms with van der Waals surface area (Å²) in [4.78, 5) is 0. The van der Waals surface area contributed by atoms with Gasteiger partial charge in [0.15, 0.2) is 6.61 Å². The van der Waals surface area contributed by atoms with Gasteiger partial charge in [0.1, 0.15) is 10.8 Å². The molecule has 4 rings (SSSR count). The third-order valence-electron chi connectivity index (χ3n) is 3.67. The van der Waals surface area contributed by atoms with Crippen molar-refractivity contribution in [1.82, 2.24) is 20.4 Å². The maximum Gasteiger partial charge on any atom is 0.254 e. The first-order valence-corrected chi connectivity index (χ1v) is 8.71. The number of hydrogen-bond donors (Lipinski definition) is 1. The van der Waals surface area contributed by atoms with Crippen molar-refractivity contribution >= 4 is 16.5 Å². The molecule has 4 aromatic rings. The lowest BCUT2D eigenvalue weighted by molar-refractivity contribution is 0.264. The van der Waals surface area contributed by atoms with E-state index in [-0.39, 0.29) is 6.61 Å². The van der Waals surface area contributed by atoms with Gasteiger partial charge in [0.05, 0.1) is 0 Å². The molecule has 0 atom stereocenters. The molecule has 0 spiro atoms. The fourth-order valence-corrected chi connectivity index (χ4v) is 2.93. The maximum absolute atomic E-state index is 5.70. The highest BCUT2D eigenvalue weighted by molar-refractivity contribution is 7.18. The highest BCUT2D eigenvalue weighted by atomic mass is 32.1. The third-order valence-corrected chi connectivity index (χ3v) is 4.47. The number of nitrogens with zero attached hydrogens (tertiary/aromatic N) is 4. The smallest absolute Gasteiger partial charge is 0.254 e. The predicted molar refractivity (Wildman–Crippen MR) is 98.6 cm³/mol. The summed E-state index contributed by atoms with van der Waals surface area (Å²) >= 11 is 1.34. The van der Waals surface area contributed by atoms with Crippen LogP contribution in [0.4, 0.5) is 5.13 Å². The van der Waals surface area contributed by atoms with Gasteiger partial charge in [-0.15, -0.1) is 20.4 Å². The van der Waals surface area contributed by atoms with Crippen LogP contribution in [-0.4, -0.2) is 20.4 Å².